The predicted octanol–water partition coefficient (Wildman–Crippen LogP) is -1.28. The van der Waals surface area contributed by atoms with Crippen LogP contribution in [0.3, 0.4) is 0 Å². The summed E-state index contributed by atoms with van der Waals surface area (Å²) in [6.07, 6.45) is -0.408. The standard InChI is InChI=1S/C8H16N2O6S/c1-15-7(12)9-17(13,14)10-8(6-11)2-4-16-5-3-8/h10-11H,2-6H2,1H3,(H,9,12). The van der Waals surface area contributed by atoms with Crippen LogP contribution in [0.25, 0.3) is 0 Å². The van der Waals surface area contributed by atoms with E-state index >= 15 is 0 Å². The first kappa shape index (κ1) is 14.2. The van der Waals surface area contributed by atoms with Crippen LogP contribution in [-0.2, 0) is 19.7 Å². The number of ether oxygens (including phenoxy) is 2. The summed E-state index contributed by atoms with van der Waals surface area (Å²) in [6, 6.07) is 0. The molecule has 1 aliphatic rings. The van der Waals surface area contributed by atoms with Crippen molar-refractivity contribution in [1.82, 2.24) is 9.44 Å². The number of nitrogens with one attached hydrogen (secondary N) is 2. The van der Waals surface area contributed by atoms with Crippen molar-refractivity contribution in [2.45, 2.75) is 18.4 Å². The summed E-state index contributed by atoms with van der Waals surface area (Å²) >= 11 is 0. The lowest BCUT2D eigenvalue weighted by Gasteiger charge is -2.35. The molecule has 0 aromatic heterocycles. The lowest BCUT2D eigenvalue weighted by atomic mass is 9.93. The second-order valence-electron chi connectivity index (χ2n) is 3.75. The molecule has 100 valence electrons. The van der Waals surface area contributed by atoms with Gasteiger partial charge in [-0.15, -0.1) is 0 Å². The van der Waals surface area contributed by atoms with Crippen molar-refractivity contribution in [3.8, 4) is 0 Å². The average molecular weight is 268 g/mol. The molecule has 9 heteroatoms. The third-order valence-corrected chi connectivity index (χ3v) is 3.64. The van der Waals surface area contributed by atoms with E-state index in [0.717, 1.165) is 7.11 Å². The van der Waals surface area contributed by atoms with Crippen LogP contribution in [0, 0.1) is 0 Å². The summed E-state index contributed by atoms with van der Waals surface area (Å²) in [5, 5.41) is 9.27. The molecule has 1 fully saturated rings. The monoisotopic (exact) mass is 268 g/mol. The van der Waals surface area contributed by atoms with Gasteiger partial charge in [-0.25, -0.2) is 9.52 Å². The highest BCUT2D eigenvalue weighted by Gasteiger charge is 2.36. The fourth-order valence-corrected chi connectivity index (χ4v) is 2.71. The Morgan fingerprint density at radius 2 is 2.06 bits per heavy atom. The summed E-state index contributed by atoms with van der Waals surface area (Å²) in [5.41, 5.74) is -0.988. The summed E-state index contributed by atoms with van der Waals surface area (Å²) in [4.78, 5) is 10.8. The van der Waals surface area contributed by atoms with Crippen molar-refractivity contribution in [1.29, 1.82) is 0 Å². The molecule has 3 N–H and O–H groups in total. The molecule has 0 spiro atoms. The van der Waals surface area contributed by atoms with Gasteiger partial charge in [0.05, 0.1) is 19.3 Å². The molecule has 0 bridgehead atoms. The van der Waals surface area contributed by atoms with Crippen LogP contribution in [0.1, 0.15) is 12.8 Å². The second kappa shape index (κ2) is 5.63. The van der Waals surface area contributed by atoms with E-state index in [0.29, 0.717) is 26.1 Å². The maximum Gasteiger partial charge on any atom is 0.421 e. The molecule has 8 nitrogen and oxygen atoms in total. The van der Waals surface area contributed by atoms with Crippen LogP contribution in [-0.4, -0.2) is 52.1 Å². The molecule has 0 unspecified atom stereocenters. The van der Waals surface area contributed by atoms with E-state index in [1.807, 2.05) is 0 Å². The molecule has 1 aliphatic heterocycles. The Hall–Kier alpha value is -0.900. The molecule has 1 heterocycles. The van der Waals surface area contributed by atoms with E-state index in [4.69, 9.17) is 4.74 Å². The first-order chi connectivity index (χ1) is 7.93. The molecule has 17 heavy (non-hydrogen) atoms. The summed E-state index contributed by atoms with van der Waals surface area (Å²) in [5.74, 6) is 0. The largest absolute Gasteiger partial charge is 0.452 e. The first-order valence-corrected chi connectivity index (χ1v) is 6.50. The zero-order chi connectivity index (χ0) is 12.9. The Balaban J connectivity index is 2.69. The van der Waals surface area contributed by atoms with Crippen LogP contribution < -0.4 is 9.44 Å². The third-order valence-electron chi connectivity index (χ3n) is 2.51. The van der Waals surface area contributed by atoms with E-state index < -0.39 is 21.8 Å². The maximum absolute atomic E-state index is 11.6. The number of hydrogen-bond donors (Lipinski definition) is 3. The lowest BCUT2D eigenvalue weighted by molar-refractivity contribution is 0.0221. The highest BCUT2D eigenvalue weighted by molar-refractivity contribution is 7.88. The number of rotatable bonds is 4. The van der Waals surface area contributed by atoms with Gasteiger partial charge < -0.3 is 14.6 Å². The predicted molar refractivity (Wildman–Crippen MR) is 57.5 cm³/mol. The van der Waals surface area contributed by atoms with Gasteiger partial charge in [-0.1, -0.05) is 0 Å². The topological polar surface area (TPSA) is 114 Å². The van der Waals surface area contributed by atoms with Gasteiger partial charge in [0.1, 0.15) is 0 Å². The number of carbonyl (C=O) groups is 1. The Morgan fingerprint density at radius 1 is 1.47 bits per heavy atom. The van der Waals surface area contributed by atoms with Gasteiger partial charge in [0.15, 0.2) is 0 Å². The Labute approximate surface area is 99.5 Å². The number of methoxy groups -OCH3 is 1. The van der Waals surface area contributed by atoms with E-state index in [9.17, 15) is 18.3 Å². The van der Waals surface area contributed by atoms with Gasteiger partial charge in [0.2, 0.25) is 0 Å². The van der Waals surface area contributed by atoms with Gasteiger partial charge in [-0.3, -0.25) is 0 Å². The Bertz CT molecular complexity index is 362. The van der Waals surface area contributed by atoms with Gasteiger partial charge in [0, 0.05) is 13.2 Å². The number of amides is 1. The molecule has 0 aliphatic carbocycles. The van der Waals surface area contributed by atoms with Crippen molar-refractivity contribution in [3.63, 3.8) is 0 Å². The molecule has 0 aromatic carbocycles. The summed E-state index contributed by atoms with van der Waals surface area (Å²) < 4.78 is 36.3. The van der Waals surface area contributed by atoms with Crippen LogP contribution in [0.2, 0.25) is 0 Å². The molecule has 0 saturated carbocycles. The normalized spacial score (nSPS) is 19.6. The van der Waals surface area contributed by atoms with Crippen LogP contribution >= 0.6 is 0 Å². The maximum atomic E-state index is 11.6. The summed E-state index contributed by atoms with van der Waals surface area (Å²) in [6.45, 7) is 0.334. The van der Waals surface area contributed by atoms with Crippen LogP contribution in [0.15, 0.2) is 0 Å². The fourth-order valence-electron chi connectivity index (χ4n) is 1.52. The van der Waals surface area contributed by atoms with Crippen molar-refractivity contribution >= 4 is 16.3 Å². The van der Waals surface area contributed by atoms with E-state index in [1.165, 1.54) is 0 Å². The van der Waals surface area contributed by atoms with Gasteiger partial charge in [0.25, 0.3) is 0 Å². The van der Waals surface area contributed by atoms with E-state index in [-0.39, 0.29) is 6.61 Å². The quantitative estimate of drug-likeness (QED) is 0.585. The van der Waals surface area contributed by atoms with Crippen LogP contribution in [0.4, 0.5) is 4.79 Å². The van der Waals surface area contributed by atoms with Crippen LogP contribution in [0.5, 0.6) is 0 Å². The van der Waals surface area contributed by atoms with E-state index in [2.05, 4.69) is 9.46 Å². The minimum atomic E-state index is -4.05. The fraction of sp³-hybridized carbons (Fsp3) is 0.875. The Morgan fingerprint density at radius 3 is 2.53 bits per heavy atom. The molecular formula is C8H16N2O6S. The smallest absolute Gasteiger partial charge is 0.421 e. The highest BCUT2D eigenvalue weighted by atomic mass is 32.2. The SMILES string of the molecule is COC(=O)NS(=O)(=O)NC1(CO)CCOCC1. The summed E-state index contributed by atoms with van der Waals surface area (Å²) in [7, 11) is -3.00. The lowest BCUT2D eigenvalue weighted by Crippen LogP contribution is -2.57. The van der Waals surface area contributed by atoms with E-state index in [1.54, 1.807) is 4.72 Å². The Kier molecular flexibility index (Phi) is 4.69. The molecule has 1 amide bonds. The molecule has 0 aromatic rings. The number of carbonyl (C=O) groups excluding carboxylic acids is 1. The van der Waals surface area contributed by atoms with Crippen molar-refractivity contribution in [2.75, 3.05) is 26.9 Å². The third kappa shape index (κ3) is 4.11. The molecule has 0 radical (unpaired) electrons. The number of aliphatic hydroxyl groups excluding tert-OH is 1. The first-order valence-electron chi connectivity index (χ1n) is 5.01. The van der Waals surface area contributed by atoms with Gasteiger partial charge >= 0.3 is 16.3 Å². The van der Waals surface area contributed by atoms with Crippen molar-refractivity contribution < 1.29 is 27.8 Å². The van der Waals surface area contributed by atoms with Gasteiger partial charge in [-0.2, -0.15) is 13.1 Å². The molecule has 1 saturated heterocycles. The average Bonchev–Trinajstić information content (AvgIpc) is 2.28. The van der Waals surface area contributed by atoms with Crippen molar-refractivity contribution in [2.24, 2.45) is 0 Å². The minimum Gasteiger partial charge on any atom is -0.452 e. The zero-order valence-corrected chi connectivity index (χ0v) is 10.2. The molecule has 0 atom stereocenters. The zero-order valence-electron chi connectivity index (χ0n) is 9.43. The second-order valence-corrected chi connectivity index (χ2v) is 5.17. The highest BCUT2D eigenvalue weighted by Crippen LogP contribution is 2.20. The number of aliphatic hydroxyl groups is 1. The number of hydrogen-bond acceptors (Lipinski definition) is 6. The van der Waals surface area contributed by atoms with Gasteiger partial charge in [-0.05, 0) is 12.8 Å². The molecular weight excluding hydrogens is 252 g/mol. The minimum absolute atomic E-state index is 0.339. The van der Waals surface area contributed by atoms with Crippen molar-refractivity contribution in [3.05, 3.63) is 0 Å². The molecule has 1 rings (SSSR count).